The maximum atomic E-state index is 4.68. The molecule has 0 aliphatic carbocycles. The van der Waals surface area contributed by atoms with Gasteiger partial charge in [0.15, 0.2) is 5.65 Å². The Kier molecular flexibility index (Phi) is 4.77. The number of hydrogen-bond acceptors (Lipinski definition) is 5. The van der Waals surface area contributed by atoms with Gasteiger partial charge in [0.1, 0.15) is 11.6 Å². The fraction of sp³-hybridized carbons (Fsp3) is 0.667. The molecular formula is C15H26N6. The number of aromatic nitrogens is 4. The van der Waals surface area contributed by atoms with Crippen LogP contribution in [0.2, 0.25) is 0 Å². The largest absolute Gasteiger partial charge is 0.372 e. The van der Waals surface area contributed by atoms with Gasteiger partial charge in [0, 0.05) is 26.7 Å². The minimum Gasteiger partial charge on any atom is -0.372 e. The van der Waals surface area contributed by atoms with Crippen molar-refractivity contribution in [2.75, 3.05) is 18.9 Å². The van der Waals surface area contributed by atoms with Crippen LogP contribution in [0, 0.1) is 5.92 Å². The third-order valence-corrected chi connectivity index (χ3v) is 3.55. The molecule has 0 amide bonds. The van der Waals surface area contributed by atoms with Gasteiger partial charge in [0.25, 0.3) is 0 Å². The van der Waals surface area contributed by atoms with Crippen LogP contribution in [0.15, 0.2) is 6.20 Å². The van der Waals surface area contributed by atoms with Gasteiger partial charge in [-0.1, -0.05) is 13.8 Å². The van der Waals surface area contributed by atoms with Crippen LogP contribution in [0.4, 0.5) is 5.82 Å². The van der Waals surface area contributed by atoms with Crippen molar-refractivity contribution in [2.24, 2.45) is 13.0 Å². The number of nitrogens with one attached hydrogen (secondary N) is 1. The third-order valence-electron chi connectivity index (χ3n) is 3.55. The van der Waals surface area contributed by atoms with Crippen molar-refractivity contribution in [3.05, 3.63) is 12.0 Å². The minimum atomic E-state index is 0.469. The van der Waals surface area contributed by atoms with E-state index in [1.807, 2.05) is 14.1 Å². The first-order valence-electron chi connectivity index (χ1n) is 7.52. The number of fused-ring (bicyclic) bond motifs is 1. The topological polar surface area (TPSA) is 58.9 Å². The van der Waals surface area contributed by atoms with Crippen LogP contribution in [0.1, 0.15) is 33.5 Å². The minimum absolute atomic E-state index is 0.469. The molecule has 2 heterocycles. The van der Waals surface area contributed by atoms with Crippen molar-refractivity contribution in [3.63, 3.8) is 0 Å². The summed E-state index contributed by atoms with van der Waals surface area (Å²) in [6, 6.07) is 0.469. The summed E-state index contributed by atoms with van der Waals surface area (Å²) in [4.78, 5) is 11.7. The van der Waals surface area contributed by atoms with Gasteiger partial charge in [-0.15, -0.1) is 0 Å². The fourth-order valence-electron chi connectivity index (χ4n) is 2.44. The molecular weight excluding hydrogens is 264 g/mol. The highest BCUT2D eigenvalue weighted by Crippen LogP contribution is 2.20. The van der Waals surface area contributed by atoms with Gasteiger partial charge in [-0.2, -0.15) is 5.10 Å². The molecule has 0 bridgehead atoms. The van der Waals surface area contributed by atoms with E-state index in [-0.39, 0.29) is 0 Å². The maximum absolute atomic E-state index is 4.68. The van der Waals surface area contributed by atoms with E-state index in [4.69, 9.17) is 0 Å². The molecule has 2 aromatic rings. The highest BCUT2D eigenvalue weighted by atomic mass is 15.3. The molecule has 6 nitrogen and oxygen atoms in total. The van der Waals surface area contributed by atoms with Crippen molar-refractivity contribution < 1.29 is 0 Å². The zero-order valence-electron chi connectivity index (χ0n) is 13.9. The summed E-state index contributed by atoms with van der Waals surface area (Å²) >= 11 is 0. The normalized spacial score (nSPS) is 12.0. The van der Waals surface area contributed by atoms with Crippen LogP contribution >= 0.6 is 0 Å². The molecule has 0 unspecified atom stereocenters. The van der Waals surface area contributed by atoms with Crippen LogP contribution in [0.25, 0.3) is 11.0 Å². The fourth-order valence-corrected chi connectivity index (χ4v) is 2.44. The van der Waals surface area contributed by atoms with E-state index in [0.29, 0.717) is 12.0 Å². The van der Waals surface area contributed by atoms with Crippen molar-refractivity contribution in [1.82, 2.24) is 24.6 Å². The zero-order chi connectivity index (χ0) is 15.6. The van der Waals surface area contributed by atoms with Gasteiger partial charge in [0.2, 0.25) is 0 Å². The Labute approximate surface area is 126 Å². The second kappa shape index (κ2) is 6.39. The monoisotopic (exact) mass is 290 g/mol. The predicted octanol–water partition coefficient (Wildman–Crippen LogP) is 2.27. The van der Waals surface area contributed by atoms with Crippen LogP contribution in [-0.4, -0.2) is 44.3 Å². The van der Waals surface area contributed by atoms with Gasteiger partial charge in [0.05, 0.1) is 18.1 Å². The average molecular weight is 290 g/mol. The molecule has 2 aromatic heterocycles. The Morgan fingerprint density at radius 3 is 2.52 bits per heavy atom. The van der Waals surface area contributed by atoms with E-state index in [1.54, 1.807) is 10.9 Å². The van der Waals surface area contributed by atoms with Gasteiger partial charge in [-0.05, 0) is 19.8 Å². The van der Waals surface area contributed by atoms with E-state index in [1.165, 1.54) is 0 Å². The number of nitrogens with zero attached hydrogens (tertiary/aromatic N) is 5. The molecule has 0 atom stereocenters. The second-order valence-electron chi connectivity index (χ2n) is 6.16. The van der Waals surface area contributed by atoms with Crippen LogP contribution < -0.4 is 5.32 Å². The molecule has 0 spiro atoms. The van der Waals surface area contributed by atoms with Crippen LogP contribution in [-0.2, 0) is 13.6 Å². The average Bonchev–Trinajstić information content (AvgIpc) is 2.78. The zero-order valence-corrected chi connectivity index (χ0v) is 13.9. The second-order valence-corrected chi connectivity index (χ2v) is 6.16. The van der Waals surface area contributed by atoms with Crippen LogP contribution in [0.3, 0.4) is 0 Å². The number of anilines is 1. The molecule has 0 fully saturated rings. The van der Waals surface area contributed by atoms with Gasteiger partial charge >= 0.3 is 0 Å². The lowest BCUT2D eigenvalue weighted by Crippen LogP contribution is -2.34. The van der Waals surface area contributed by atoms with E-state index in [0.717, 1.165) is 35.8 Å². The van der Waals surface area contributed by atoms with Gasteiger partial charge < -0.3 is 5.32 Å². The Morgan fingerprint density at radius 2 is 1.95 bits per heavy atom. The Morgan fingerprint density at radius 1 is 1.24 bits per heavy atom. The molecule has 0 aliphatic heterocycles. The first kappa shape index (κ1) is 15.7. The van der Waals surface area contributed by atoms with E-state index in [2.05, 4.69) is 53.0 Å². The molecule has 0 saturated heterocycles. The molecule has 2 rings (SSSR count). The Hall–Kier alpha value is -1.69. The third kappa shape index (κ3) is 3.50. The highest BCUT2D eigenvalue weighted by molar-refractivity contribution is 5.86. The summed E-state index contributed by atoms with van der Waals surface area (Å²) < 4.78 is 1.80. The molecule has 6 heteroatoms. The molecule has 116 valence electrons. The first-order valence-corrected chi connectivity index (χ1v) is 7.52. The Bertz CT molecular complexity index is 601. The molecule has 0 radical (unpaired) electrons. The van der Waals surface area contributed by atoms with Crippen LogP contribution in [0.5, 0.6) is 0 Å². The van der Waals surface area contributed by atoms with Crippen molar-refractivity contribution in [1.29, 1.82) is 0 Å². The maximum Gasteiger partial charge on any atom is 0.163 e. The smallest absolute Gasteiger partial charge is 0.163 e. The summed E-state index contributed by atoms with van der Waals surface area (Å²) in [5, 5.41) is 8.37. The number of hydrogen-bond donors (Lipinski definition) is 1. The SMILES string of the molecule is CNc1nc(CN(CC(C)C)C(C)C)nc2c1cnn2C. The molecule has 0 aliphatic rings. The summed E-state index contributed by atoms with van der Waals surface area (Å²) in [5.41, 5.74) is 0.873. The lowest BCUT2D eigenvalue weighted by atomic mass is 10.2. The Balaban J connectivity index is 2.34. The van der Waals surface area contributed by atoms with E-state index < -0.39 is 0 Å². The summed E-state index contributed by atoms with van der Waals surface area (Å²) in [7, 11) is 3.79. The van der Waals surface area contributed by atoms with E-state index >= 15 is 0 Å². The number of rotatable bonds is 6. The molecule has 0 saturated carbocycles. The van der Waals surface area contributed by atoms with Crippen molar-refractivity contribution in [3.8, 4) is 0 Å². The molecule has 0 aromatic carbocycles. The number of aryl methyl sites for hydroxylation is 1. The van der Waals surface area contributed by atoms with Crippen molar-refractivity contribution in [2.45, 2.75) is 40.3 Å². The van der Waals surface area contributed by atoms with Gasteiger partial charge in [-0.3, -0.25) is 9.58 Å². The highest BCUT2D eigenvalue weighted by Gasteiger charge is 2.16. The molecule has 21 heavy (non-hydrogen) atoms. The van der Waals surface area contributed by atoms with Crippen molar-refractivity contribution >= 4 is 16.9 Å². The lowest BCUT2D eigenvalue weighted by Gasteiger charge is -2.27. The summed E-state index contributed by atoms with van der Waals surface area (Å²) in [6.45, 7) is 10.7. The summed E-state index contributed by atoms with van der Waals surface area (Å²) in [6.07, 6.45) is 1.80. The predicted molar refractivity (Wildman–Crippen MR) is 86.2 cm³/mol. The lowest BCUT2D eigenvalue weighted by molar-refractivity contribution is 0.185. The first-order chi connectivity index (χ1) is 9.92. The quantitative estimate of drug-likeness (QED) is 0.884. The standard InChI is InChI=1S/C15H26N6/c1-10(2)8-21(11(3)4)9-13-18-14(16-5)12-7-17-20(6)15(12)19-13/h7,10-11H,8-9H2,1-6H3,(H,16,18,19). The molecule has 1 N–H and O–H groups in total. The summed E-state index contributed by atoms with van der Waals surface area (Å²) in [5.74, 6) is 2.30. The van der Waals surface area contributed by atoms with E-state index in [9.17, 15) is 0 Å². The van der Waals surface area contributed by atoms with Gasteiger partial charge in [-0.25, -0.2) is 9.97 Å².